The summed E-state index contributed by atoms with van der Waals surface area (Å²) in [6.45, 7) is 0. The van der Waals surface area contributed by atoms with Crippen molar-refractivity contribution in [2.24, 2.45) is 0 Å². The quantitative estimate of drug-likeness (QED) is 0.308. The average molecular weight is 635 g/mol. The fourth-order valence-electron chi connectivity index (χ4n) is 2.57. The first-order chi connectivity index (χ1) is 15.5. The zero-order chi connectivity index (χ0) is 25.9. The highest BCUT2D eigenvalue weighted by molar-refractivity contribution is 7.89. The number of hydrogen-bond donors (Lipinski definition) is 2. The molecule has 2 atom stereocenters. The van der Waals surface area contributed by atoms with Crippen LogP contribution in [0.2, 0.25) is 0 Å². The van der Waals surface area contributed by atoms with Crippen LogP contribution in [-0.4, -0.2) is 51.1 Å². The Morgan fingerprint density at radius 3 is 1.09 bits per heavy atom. The summed E-state index contributed by atoms with van der Waals surface area (Å²) in [4.78, 5) is -0.207. The van der Waals surface area contributed by atoms with Gasteiger partial charge in [0.05, 0.1) is 9.79 Å². The van der Waals surface area contributed by atoms with Gasteiger partial charge < -0.3 is 9.47 Å². The van der Waals surface area contributed by atoms with Gasteiger partial charge in [0.2, 0.25) is 27.6 Å². The van der Waals surface area contributed by atoms with E-state index in [1.807, 2.05) is 0 Å². The van der Waals surface area contributed by atoms with E-state index in [2.05, 4.69) is 9.44 Å². The highest BCUT2D eigenvalue weighted by atomic mass is 35.6. The van der Waals surface area contributed by atoms with Crippen molar-refractivity contribution >= 4 is 89.7 Å². The lowest BCUT2D eigenvalue weighted by molar-refractivity contribution is 0.0968. The Kier molecular flexibility index (Phi) is 10.2. The molecular formula is C18H18Cl6N2O6S2. The van der Waals surface area contributed by atoms with Crippen LogP contribution in [0, 0.1) is 0 Å². The van der Waals surface area contributed by atoms with Crippen LogP contribution in [0.15, 0.2) is 58.3 Å². The second-order valence-electron chi connectivity index (χ2n) is 6.61. The highest BCUT2D eigenvalue weighted by Crippen LogP contribution is 2.33. The van der Waals surface area contributed by atoms with Gasteiger partial charge in [0, 0.05) is 14.2 Å². The minimum absolute atomic E-state index is 0.103. The van der Waals surface area contributed by atoms with Crippen molar-refractivity contribution in [3.05, 3.63) is 48.5 Å². The van der Waals surface area contributed by atoms with Gasteiger partial charge in [0.1, 0.15) is 0 Å². The third-order valence-electron chi connectivity index (χ3n) is 4.25. The molecule has 34 heavy (non-hydrogen) atoms. The SMILES string of the molecule is COC(NS(=O)(=O)c1ccc(-c2ccc(S(=O)(=O)NC(OC)C(Cl)(Cl)Cl)cc2)cc1)C(Cl)(Cl)Cl. The van der Waals surface area contributed by atoms with Gasteiger partial charge in [-0.2, -0.15) is 9.44 Å². The largest absolute Gasteiger partial charge is 0.361 e. The van der Waals surface area contributed by atoms with E-state index < -0.39 is 40.1 Å². The number of alkyl halides is 6. The molecule has 16 heteroatoms. The van der Waals surface area contributed by atoms with E-state index in [1.54, 1.807) is 0 Å². The number of rotatable bonds is 9. The Morgan fingerprint density at radius 2 is 0.882 bits per heavy atom. The Balaban J connectivity index is 2.23. The van der Waals surface area contributed by atoms with Gasteiger partial charge in [0.25, 0.3) is 0 Å². The lowest BCUT2D eigenvalue weighted by atomic mass is 10.1. The fraction of sp³-hybridized carbons (Fsp3) is 0.333. The van der Waals surface area contributed by atoms with E-state index in [9.17, 15) is 16.8 Å². The maximum atomic E-state index is 12.6. The number of hydrogen-bond acceptors (Lipinski definition) is 6. The second-order valence-corrected chi connectivity index (χ2v) is 14.8. The van der Waals surface area contributed by atoms with Crippen LogP contribution in [0.25, 0.3) is 11.1 Å². The Labute approximate surface area is 227 Å². The molecule has 0 saturated carbocycles. The number of ether oxygens (including phenoxy) is 2. The van der Waals surface area contributed by atoms with Gasteiger partial charge in [-0.3, -0.25) is 0 Å². The smallest absolute Gasteiger partial charge is 0.242 e. The number of methoxy groups -OCH3 is 2. The van der Waals surface area contributed by atoms with Gasteiger partial charge in [-0.25, -0.2) is 16.8 Å². The summed E-state index contributed by atoms with van der Waals surface area (Å²) in [6, 6.07) is 11.4. The summed E-state index contributed by atoms with van der Waals surface area (Å²) in [7, 11) is -5.76. The second kappa shape index (κ2) is 11.5. The molecule has 0 heterocycles. The van der Waals surface area contributed by atoms with Crippen LogP contribution in [0.5, 0.6) is 0 Å². The van der Waals surface area contributed by atoms with E-state index in [0.29, 0.717) is 11.1 Å². The van der Waals surface area contributed by atoms with Crippen LogP contribution in [0.3, 0.4) is 0 Å². The summed E-state index contributed by atoms with van der Waals surface area (Å²) >= 11 is 34.2. The van der Waals surface area contributed by atoms with E-state index in [1.165, 1.54) is 62.8 Å². The van der Waals surface area contributed by atoms with Crippen molar-refractivity contribution in [1.29, 1.82) is 0 Å². The van der Waals surface area contributed by atoms with Crippen molar-refractivity contribution < 1.29 is 26.3 Å². The van der Waals surface area contributed by atoms with Crippen molar-refractivity contribution in [2.75, 3.05) is 14.2 Å². The first-order valence-electron chi connectivity index (χ1n) is 8.95. The molecule has 0 bridgehead atoms. The van der Waals surface area contributed by atoms with Crippen molar-refractivity contribution in [1.82, 2.24) is 9.44 Å². The van der Waals surface area contributed by atoms with E-state index in [4.69, 9.17) is 79.1 Å². The van der Waals surface area contributed by atoms with Crippen LogP contribution < -0.4 is 9.44 Å². The molecule has 0 saturated heterocycles. The number of benzene rings is 2. The number of nitrogens with one attached hydrogen (secondary N) is 2. The predicted molar refractivity (Wildman–Crippen MR) is 135 cm³/mol. The van der Waals surface area contributed by atoms with Gasteiger partial charge >= 0.3 is 0 Å². The molecule has 0 aliphatic rings. The molecule has 0 fully saturated rings. The van der Waals surface area contributed by atoms with Crippen molar-refractivity contribution in [3.63, 3.8) is 0 Å². The summed E-state index contributed by atoms with van der Waals surface area (Å²) in [5, 5.41) is 0. The normalized spacial score (nSPS) is 15.2. The highest BCUT2D eigenvalue weighted by Gasteiger charge is 2.37. The van der Waals surface area contributed by atoms with E-state index >= 15 is 0 Å². The Morgan fingerprint density at radius 1 is 0.618 bits per heavy atom. The summed E-state index contributed by atoms with van der Waals surface area (Å²) in [5.41, 5.74) is 1.22. The average Bonchev–Trinajstić information content (AvgIpc) is 2.74. The molecule has 0 radical (unpaired) electrons. The minimum Gasteiger partial charge on any atom is -0.361 e. The number of sulfonamides is 2. The lowest BCUT2D eigenvalue weighted by Crippen LogP contribution is -2.44. The molecule has 2 aromatic rings. The van der Waals surface area contributed by atoms with Crippen LogP contribution >= 0.6 is 69.6 Å². The molecule has 2 N–H and O–H groups in total. The van der Waals surface area contributed by atoms with Crippen LogP contribution in [-0.2, 0) is 29.5 Å². The molecule has 0 aromatic heterocycles. The Bertz CT molecular complexity index is 1090. The topological polar surface area (TPSA) is 111 Å². The fourth-order valence-corrected chi connectivity index (χ4v) is 6.19. The third kappa shape index (κ3) is 7.96. The van der Waals surface area contributed by atoms with Crippen LogP contribution in [0.1, 0.15) is 0 Å². The molecule has 0 aliphatic heterocycles. The maximum Gasteiger partial charge on any atom is 0.242 e. The molecular weight excluding hydrogens is 617 g/mol. The lowest BCUT2D eigenvalue weighted by Gasteiger charge is -2.23. The van der Waals surface area contributed by atoms with E-state index in [0.717, 1.165) is 0 Å². The summed E-state index contributed by atoms with van der Waals surface area (Å²) in [6.07, 6.45) is -2.82. The molecule has 2 rings (SSSR count). The zero-order valence-corrected chi connectivity index (χ0v) is 23.5. The molecule has 2 aromatic carbocycles. The summed E-state index contributed by atoms with van der Waals surface area (Å²) in [5.74, 6) is 0. The first-order valence-corrected chi connectivity index (χ1v) is 14.2. The van der Waals surface area contributed by atoms with Gasteiger partial charge in [-0.05, 0) is 35.4 Å². The van der Waals surface area contributed by atoms with Crippen molar-refractivity contribution in [3.8, 4) is 11.1 Å². The number of halogens is 6. The summed E-state index contributed by atoms with van der Waals surface area (Å²) < 4.78 is 60.2. The van der Waals surface area contributed by atoms with Crippen molar-refractivity contribution in [2.45, 2.75) is 29.8 Å². The standard InChI is InChI=1S/C18H18Cl6N2O6S2/c1-31-15(17(19,20)21)25-33(27,28)13-7-3-11(4-8-13)12-5-9-14(10-6-12)34(29,30)26-16(32-2)18(22,23)24/h3-10,15-16,25-26H,1-2H3. The van der Waals surface area contributed by atoms with Crippen LogP contribution in [0.4, 0.5) is 0 Å². The molecule has 190 valence electrons. The third-order valence-corrected chi connectivity index (χ3v) is 8.28. The van der Waals surface area contributed by atoms with Gasteiger partial charge in [-0.1, -0.05) is 93.9 Å². The van der Waals surface area contributed by atoms with E-state index in [-0.39, 0.29) is 9.79 Å². The molecule has 2 unspecified atom stereocenters. The molecule has 0 amide bonds. The first kappa shape index (κ1) is 30.1. The molecule has 0 aliphatic carbocycles. The maximum absolute atomic E-state index is 12.6. The molecule has 8 nitrogen and oxygen atoms in total. The monoisotopic (exact) mass is 632 g/mol. The predicted octanol–water partition coefficient (Wildman–Crippen LogP) is 4.60. The van der Waals surface area contributed by atoms with Gasteiger partial charge in [-0.15, -0.1) is 0 Å². The van der Waals surface area contributed by atoms with Gasteiger partial charge in [0.15, 0.2) is 12.5 Å². The zero-order valence-electron chi connectivity index (χ0n) is 17.3. The molecule has 0 spiro atoms. The minimum atomic E-state index is -4.07. The Hall–Kier alpha value is -0.0800.